The molecule has 3 aliphatic rings. The molecule has 2 atom stereocenters. The molecule has 2 aliphatic heterocycles. The third-order valence-electron chi connectivity index (χ3n) is 8.43. The maximum Gasteiger partial charge on any atom is 0.416 e. The number of aromatic amines is 1. The Morgan fingerprint density at radius 2 is 1.93 bits per heavy atom. The molecule has 1 saturated carbocycles. The average molecular weight is 593 g/mol. The van der Waals surface area contributed by atoms with Crippen molar-refractivity contribution in [3.05, 3.63) is 65.9 Å². The van der Waals surface area contributed by atoms with E-state index in [9.17, 15) is 22.8 Å². The van der Waals surface area contributed by atoms with E-state index in [1.807, 2.05) is 15.5 Å². The van der Waals surface area contributed by atoms with Crippen molar-refractivity contribution in [2.45, 2.75) is 62.8 Å². The molecular weight excluding hydrogens is 563 g/mol. The van der Waals surface area contributed by atoms with E-state index in [1.54, 1.807) is 24.4 Å². The van der Waals surface area contributed by atoms with Crippen molar-refractivity contribution >= 4 is 29.0 Å². The van der Waals surface area contributed by atoms with Gasteiger partial charge in [0.2, 0.25) is 11.4 Å². The Balaban J connectivity index is 1.25. The smallest absolute Gasteiger partial charge is 0.416 e. The highest BCUT2D eigenvalue weighted by Crippen LogP contribution is 2.40. The SMILES string of the molecule is Nc1ncc[n+]2c([C@@H]3CC[C@H]4CCC(=O)N4C3)[nH]c(-c3ccc(C(=O)Nc4cc(C(F)(F)F)ccn4)cc3OC3CC3)c12. The van der Waals surface area contributed by atoms with Gasteiger partial charge in [-0.15, -0.1) is 0 Å². The van der Waals surface area contributed by atoms with E-state index in [0.29, 0.717) is 47.3 Å². The summed E-state index contributed by atoms with van der Waals surface area (Å²) in [5, 5.41) is 2.45. The van der Waals surface area contributed by atoms with Gasteiger partial charge in [-0.1, -0.05) is 0 Å². The molecule has 3 fully saturated rings. The number of H-pyrrole nitrogens is 1. The molecule has 13 heteroatoms. The quantitative estimate of drug-likeness (QED) is 0.283. The summed E-state index contributed by atoms with van der Waals surface area (Å²) >= 11 is 0. The minimum atomic E-state index is -4.56. The summed E-state index contributed by atoms with van der Waals surface area (Å²) < 4.78 is 47.7. The summed E-state index contributed by atoms with van der Waals surface area (Å²) in [4.78, 5) is 39.4. The van der Waals surface area contributed by atoms with Crippen LogP contribution in [0.25, 0.3) is 16.8 Å². The van der Waals surface area contributed by atoms with Gasteiger partial charge >= 0.3 is 6.18 Å². The van der Waals surface area contributed by atoms with E-state index in [2.05, 4.69) is 20.3 Å². The van der Waals surface area contributed by atoms with Gasteiger partial charge in [0.1, 0.15) is 17.8 Å². The number of pyridine rings is 1. The van der Waals surface area contributed by atoms with Crippen molar-refractivity contribution in [3.8, 4) is 17.0 Å². The fourth-order valence-electron chi connectivity index (χ4n) is 6.12. The molecule has 0 spiro atoms. The Morgan fingerprint density at radius 1 is 1.09 bits per heavy atom. The number of nitrogen functional groups attached to an aromatic ring is 1. The van der Waals surface area contributed by atoms with Crippen molar-refractivity contribution in [2.24, 2.45) is 0 Å². The first-order valence-electron chi connectivity index (χ1n) is 14.3. The van der Waals surface area contributed by atoms with Crippen LogP contribution in [-0.2, 0) is 11.0 Å². The van der Waals surface area contributed by atoms with Crippen LogP contribution in [0.2, 0.25) is 0 Å². The Hall–Kier alpha value is -4.68. The number of aromatic nitrogens is 4. The largest absolute Gasteiger partial charge is 0.490 e. The second kappa shape index (κ2) is 10.2. The van der Waals surface area contributed by atoms with Crippen LogP contribution < -0.4 is 20.2 Å². The number of carbonyl (C=O) groups excluding carboxylic acids is 2. The highest BCUT2D eigenvalue weighted by Gasteiger charge is 2.41. The lowest BCUT2D eigenvalue weighted by Gasteiger charge is -2.33. The summed E-state index contributed by atoms with van der Waals surface area (Å²) in [6, 6.07) is 6.81. The van der Waals surface area contributed by atoms with Crippen LogP contribution in [0.15, 0.2) is 48.9 Å². The summed E-state index contributed by atoms with van der Waals surface area (Å²) in [6.07, 6.45) is 4.95. The molecule has 3 aromatic heterocycles. The number of nitrogens with one attached hydrogen (secondary N) is 2. The number of halogens is 3. The molecule has 4 N–H and O–H groups in total. The lowest BCUT2D eigenvalue weighted by Crippen LogP contribution is -2.43. The van der Waals surface area contributed by atoms with Crippen LogP contribution in [0, 0.1) is 0 Å². The number of hydrogen-bond donors (Lipinski definition) is 3. The van der Waals surface area contributed by atoms with Gasteiger partial charge < -0.3 is 20.7 Å². The lowest BCUT2D eigenvalue weighted by atomic mass is 9.92. The number of fused-ring (bicyclic) bond motifs is 2. The van der Waals surface area contributed by atoms with Crippen LogP contribution in [0.5, 0.6) is 5.75 Å². The molecule has 0 unspecified atom stereocenters. The number of ether oxygens (including phenoxy) is 1. The van der Waals surface area contributed by atoms with Gasteiger partial charge in [0.25, 0.3) is 11.7 Å². The number of benzene rings is 1. The molecule has 4 aromatic rings. The van der Waals surface area contributed by atoms with Gasteiger partial charge in [-0.2, -0.15) is 17.6 Å². The second-order valence-corrected chi connectivity index (χ2v) is 11.3. The van der Waals surface area contributed by atoms with E-state index in [-0.39, 0.29) is 29.3 Å². The van der Waals surface area contributed by atoms with Crippen molar-refractivity contribution in [1.82, 2.24) is 19.9 Å². The van der Waals surface area contributed by atoms with Crippen LogP contribution in [-0.4, -0.2) is 50.4 Å². The number of anilines is 2. The van der Waals surface area contributed by atoms with E-state index >= 15 is 0 Å². The monoisotopic (exact) mass is 592 g/mol. The van der Waals surface area contributed by atoms with Gasteiger partial charge in [-0.25, -0.2) is 15.0 Å². The predicted molar refractivity (Wildman–Crippen MR) is 149 cm³/mol. The number of alkyl halides is 3. The van der Waals surface area contributed by atoms with E-state index in [0.717, 1.165) is 56.3 Å². The van der Waals surface area contributed by atoms with Crippen molar-refractivity contribution < 1.29 is 31.9 Å². The lowest BCUT2D eigenvalue weighted by molar-refractivity contribution is -0.523. The molecule has 0 radical (unpaired) electrons. The molecule has 2 amide bonds. The second-order valence-electron chi connectivity index (χ2n) is 11.3. The zero-order chi connectivity index (χ0) is 29.9. The number of nitrogens with zero attached hydrogens (tertiary/aromatic N) is 4. The number of carbonyl (C=O) groups is 2. The van der Waals surface area contributed by atoms with Gasteiger partial charge in [0.05, 0.1) is 29.3 Å². The third kappa shape index (κ3) is 5.12. The molecule has 2 saturated heterocycles. The minimum absolute atomic E-state index is 0.0116. The highest BCUT2D eigenvalue weighted by atomic mass is 19.4. The van der Waals surface area contributed by atoms with Crippen molar-refractivity contribution in [3.63, 3.8) is 0 Å². The Bertz CT molecular complexity index is 1750. The standard InChI is InChI=1S/C30H28F3N7O3/c31-30(32,33)18-9-10-35-23(14-18)37-29(42)16-2-7-21(22(13-16)43-20-5-6-20)25-26-27(34)36-11-12-39(26)28(38-25)17-1-3-19-4-8-24(41)40(19)15-17/h2,7,9-14,17,19-20H,1,3-6,8,15H2,(H3,34,35,36,37,42)/p+1/t17-,19+/m1/s1. The molecule has 1 aliphatic carbocycles. The van der Waals surface area contributed by atoms with E-state index in [1.165, 1.54) is 0 Å². The molecule has 0 bridgehead atoms. The highest BCUT2D eigenvalue weighted by molar-refractivity contribution is 6.04. The van der Waals surface area contributed by atoms with Crippen LogP contribution in [0.1, 0.15) is 66.2 Å². The molecule has 10 nitrogen and oxygen atoms in total. The van der Waals surface area contributed by atoms with Crippen LogP contribution in [0.4, 0.5) is 24.8 Å². The van der Waals surface area contributed by atoms with Gasteiger partial charge in [0, 0.05) is 30.8 Å². The van der Waals surface area contributed by atoms with E-state index in [4.69, 9.17) is 10.5 Å². The Morgan fingerprint density at radius 3 is 2.72 bits per heavy atom. The minimum Gasteiger partial charge on any atom is -0.490 e. The number of rotatable bonds is 6. The molecule has 7 rings (SSSR count). The van der Waals surface area contributed by atoms with Gasteiger partial charge in [0.15, 0.2) is 11.5 Å². The number of nitrogens with two attached hydrogens (primary N) is 1. The first-order chi connectivity index (χ1) is 20.7. The Kier molecular flexibility index (Phi) is 6.47. The first-order valence-corrected chi connectivity index (χ1v) is 14.3. The molecule has 222 valence electrons. The number of piperidine rings is 1. The molecule has 43 heavy (non-hydrogen) atoms. The third-order valence-corrected chi connectivity index (χ3v) is 8.43. The number of amides is 2. The summed E-state index contributed by atoms with van der Waals surface area (Å²) in [5.41, 5.74) is 7.67. The zero-order valence-electron chi connectivity index (χ0n) is 23.0. The number of imidazole rings is 1. The van der Waals surface area contributed by atoms with Gasteiger partial charge in [-0.3, -0.25) is 9.59 Å². The van der Waals surface area contributed by atoms with Crippen molar-refractivity contribution in [2.75, 3.05) is 17.6 Å². The fourth-order valence-corrected chi connectivity index (χ4v) is 6.12. The van der Waals surface area contributed by atoms with Crippen LogP contribution >= 0.6 is 0 Å². The molecule has 1 aromatic carbocycles. The molecule has 5 heterocycles. The van der Waals surface area contributed by atoms with Gasteiger partial charge in [-0.05, 0) is 62.4 Å². The average Bonchev–Trinajstić information content (AvgIpc) is 3.60. The van der Waals surface area contributed by atoms with Crippen molar-refractivity contribution in [1.29, 1.82) is 0 Å². The fraction of sp³-hybridized carbons (Fsp3) is 0.367. The summed E-state index contributed by atoms with van der Waals surface area (Å²) in [5.74, 6) is 1.04. The normalized spacial score (nSPS) is 20.3. The topological polar surface area (TPSA) is 130 Å². The molecular formula is C30H29F3N7O3+. The van der Waals surface area contributed by atoms with E-state index < -0.39 is 17.6 Å². The maximum atomic E-state index is 13.2. The van der Waals surface area contributed by atoms with Crippen LogP contribution in [0.3, 0.4) is 0 Å². The summed E-state index contributed by atoms with van der Waals surface area (Å²) in [7, 11) is 0. The predicted octanol–water partition coefficient (Wildman–Crippen LogP) is 4.47. The summed E-state index contributed by atoms with van der Waals surface area (Å²) in [6.45, 7) is 0.613. The zero-order valence-corrected chi connectivity index (χ0v) is 23.0. The number of hydrogen-bond acceptors (Lipinski definition) is 6. The Labute approximate surface area is 244 Å². The first kappa shape index (κ1) is 27.2. The maximum absolute atomic E-state index is 13.2.